The maximum atomic E-state index is 14.8. The van der Waals surface area contributed by atoms with Gasteiger partial charge >= 0.3 is 0 Å². The van der Waals surface area contributed by atoms with Gasteiger partial charge in [0.1, 0.15) is 5.82 Å². The fourth-order valence-corrected chi connectivity index (χ4v) is 4.33. The van der Waals surface area contributed by atoms with Crippen molar-refractivity contribution in [2.75, 3.05) is 10.7 Å². The molecule has 160 valence electrons. The van der Waals surface area contributed by atoms with Gasteiger partial charge in [0.15, 0.2) is 5.69 Å². The first-order valence-electron chi connectivity index (χ1n) is 10.2. The van der Waals surface area contributed by atoms with Crippen LogP contribution in [0.4, 0.5) is 10.1 Å². The van der Waals surface area contributed by atoms with Crippen molar-refractivity contribution in [1.82, 2.24) is 15.2 Å². The standard InChI is InChI=1S/C23H23FN4O2S/c1-4-5-12-31-23-25-21-20(26-27-23)17-13-14(2)10-11-19(17)28(15(3)29)22(30-21)16-8-6-7-9-18(16)24/h6-11,13,22H,4-5,12H2,1-3H3/t22-/m1/s1. The lowest BCUT2D eigenvalue weighted by Gasteiger charge is -2.30. The second-order valence-electron chi connectivity index (χ2n) is 7.35. The molecular formula is C23H23FN4O2S. The van der Waals surface area contributed by atoms with Gasteiger partial charge in [0.25, 0.3) is 0 Å². The molecule has 6 nitrogen and oxygen atoms in total. The summed E-state index contributed by atoms with van der Waals surface area (Å²) < 4.78 is 21.0. The number of benzene rings is 2. The van der Waals surface area contributed by atoms with Gasteiger partial charge < -0.3 is 4.74 Å². The molecule has 1 aliphatic rings. The summed E-state index contributed by atoms with van der Waals surface area (Å²) in [6.07, 6.45) is 1.08. The average Bonchev–Trinajstić information content (AvgIpc) is 2.88. The summed E-state index contributed by atoms with van der Waals surface area (Å²) >= 11 is 1.50. The number of ether oxygens (including phenoxy) is 1. The minimum atomic E-state index is -1.02. The Balaban J connectivity index is 1.90. The molecule has 4 rings (SSSR count). The zero-order valence-corrected chi connectivity index (χ0v) is 18.4. The Morgan fingerprint density at radius 3 is 2.77 bits per heavy atom. The third kappa shape index (κ3) is 4.25. The number of carbonyl (C=O) groups is 1. The van der Waals surface area contributed by atoms with E-state index in [4.69, 9.17) is 4.74 Å². The Labute approximate surface area is 184 Å². The minimum absolute atomic E-state index is 0.234. The van der Waals surface area contributed by atoms with E-state index in [2.05, 4.69) is 22.1 Å². The maximum absolute atomic E-state index is 14.8. The van der Waals surface area contributed by atoms with E-state index in [1.807, 2.05) is 25.1 Å². The number of rotatable bonds is 5. The van der Waals surface area contributed by atoms with Gasteiger partial charge in [-0.05, 0) is 31.5 Å². The van der Waals surface area contributed by atoms with Crippen LogP contribution in [0.15, 0.2) is 47.6 Å². The van der Waals surface area contributed by atoms with E-state index in [0.29, 0.717) is 22.1 Å². The molecule has 0 fully saturated rings. The Hall–Kier alpha value is -3.00. The molecule has 0 spiro atoms. The molecule has 0 unspecified atom stereocenters. The van der Waals surface area contributed by atoms with E-state index in [-0.39, 0.29) is 17.4 Å². The monoisotopic (exact) mass is 438 g/mol. The molecular weight excluding hydrogens is 415 g/mol. The number of aromatic nitrogens is 3. The molecule has 31 heavy (non-hydrogen) atoms. The summed E-state index contributed by atoms with van der Waals surface area (Å²) in [6.45, 7) is 5.50. The molecule has 1 atom stereocenters. The van der Waals surface area contributed by atoms with Crippen LogP contribution in [0.1, 0.15) is 44.0 Å². The minimum Gasteiger partial charge on any atom is -0.447 e. The number of anilines is 1. The summed E-state index contributed by atoms with van der Waals surface area (Å²) in [6, 6.07) is 11.9. The van der Waals surface area contributed by atoms with Gasteiger partial charge in [-0.1, -0.05) is 54.9 Å². The number of amides is 1. The number of aryl methyl sites for hydroxylation is 1. The fourth-order valence-electron chi connectivity index (χ4n) is 3.46. The highest BCUT2D eigenvalue weighted by Gasteiger charge is 2.35. The van der Waals surface area contributed by atoms with Crippen molar-refractivity contribution in [2.45, 2.75) is 45.0 Å². The quantitative estimate of drug-likeness (QED) is 0.397. The van der Waals surface area contributed by atoms with Gasteiger partial charge in [-0.2, -0.15) is 4.98 Å². The van der Waals surface area contributed by atoms with Crippen molar-refractivity contribution in [3.05, 3.63) is 59.4 Å². The number of halogens is 1. The largest absolute Gasteiger partial charge is 0.447 e. The number of carbonyl (C=O) groups excluding carboxylic acids is 1. The summed E-state index contributed by atoms with van der Waals surface area (Å²) in [5.74, 6) is 0.355. The molecule has 1 aliphatic heterocycles. The van der Waals surface area contributed by atoms with Crippen molar-refractivity contribution >= 4 is 23.4 Å². The van der Waals surface area contributed by atoms with Crippen molar-refractivity contribution in [2.24, 2.45) is 0 Å². The van der Waals surface area contributed by atoms with Crippen LogP contribution in [0.5, 0.6) is 5.88 Å². The molecule has 0 radical (unpaired) electrons. The molecule has 0 bridgehead atoms. The van der Waals surface area contributed by atoms with Crippen molar-refractivity contribution in [1.29, 1.82) is 0 Å². The van der Waals surface area contributed by atoms with Crippen LogP contribution in [0, 0.1) is 12.7 Å². The summed E-state index contributed by atoms with van der Waals surface area (Å²) in [4.78, 5) is 18.8. The first-order chi connectivity index (χ1) is 15.0. The normalized spacial score (nSPS) is 15.0. The predicted octanol–water partition coefficient (Wildman–Crippen LogP) is 5.32. The highest BCUT2D eigenvalue weighted by atomic mass is 32.2. The van der Waals surface area contributed by atoms with Gasteiger partial charge in [0, 0.05) is 23.8 Å². The molecule has 1 aromatic heterocycles. The van der Waals surface area contributed by atoms with E-state index >= 15 is 0 Å². The number of thioether (sulfide) groups is 1. The summed E-state index contributed by atoms with van der Waals surface area (Å²) in [7, 11) is 0. The molecule has 2 aromatic carbocycles. The number of fused-ring (bicyclic) bond motifs is 3. The Kier molecular flexibility index (Phi) is 6.18. The average molecular weight is 439 g/mol. The first kappa shape index (κ1) is 21.2. The molecule has 1 amide bonds. The van der Waals surface area contributed by atoms with Gasteiger partial charge in [-0.15, -0.1) is 10.2 Å². The van der Waals surface area contributed by atoms with E-state index in [1.54, 1.807) is 18.2 Å². The lowest BCUT2D eigenvalue weighted by atomic mass is 10.0. The highest BCUT2D eigenvalue weighted by Crippen LogP contribution is 2.44. The van der Waals surface area contributed by atoms with Crippen molar-refractivity contribution in [3.63, 3.8) is 0 Å². The summed E-state index contributed by atoms with van der Waals surface area (Å²) in [5.41, 5.74) is 2.92. The van der Waals surface area contributed by atoms with Crippen molar-refractivity contribution < 1.29 is 13.9 Å². The molecule has 0 aliphatic carbocycles. The molecule has 0 saturated carbocycles. The van der Waals surface area contributed by atoms with Crippen molar-refractivity contribution in [3.8, 4) is 17.1 Å². The van der Waals surface area contributed by atoms with E-state index in [9.17, 15) is 9.18 Å². The van der Waals surface area contributed by atoms with E-state index < -0.39 is 12.0 Å². The molecule has 2 heterocycles. The number of unbranched alkanes of at least 4 members (excludes halogenated alkanes) is 1. The van der Waals surface area contributed by atoms with Crippen LogP contribution in [0.25, 0.3) is 11.3 Å². The second kappa shape index (κ2) is 9.01. The van der Waals surface area contributed by atoms with Crippen LogP contribution in [0.2, 0.25) is 0 Å². The molecule has 0 saturated heterocycles. The zero-order valence-electron chi connectivity index (χ0n) is 17.6. The number of hydrogen-bond acceptors (Lipinski definition) is 6. The molecule has 8 heteroatoms. The van der Waals surface area contributed by atoms with Gasteiger partial charge in [0.05, 0.1) is 5.69 Å². The van der Waals surface area contributed by atoms with Crippen LogP contribution in [-0.2, 0) is 4.79 Å². The van der Waals surface area contributed by atoms with Crippen LogP contribution < -0.4 is 9.64 Å². The van der Waals surface area contributed by atoms with Gasteiger partial charge in [0.2, 0.25) is 23.2 Å². The zero-order chi connectivity index (χ0) is 22.0. The van der Waals surface area contributed by atoms with Gasteiger partial charge in [-0.25, -0.2) is 4.39 Å². The summed E-state index contributed by atoms with van der Waals surface area (Å²) in [5, 5.41) is 9.15. The predicted molar refractivity (Wildman–Crippen MR) is 119 cm³/mol. The smallest absolute Gasteiger partial charge is 0.247 e. The van der Waals surface area contributed by atoms with Crippen LogP contribution >= 0.6 is 11.8 Å². The third-order valence-electron chi connectivity index (χ3n) is 5.00. The van der Waals surface area contributed by atoms with Gasteiger partial charge in [-0.3, -0.25) is 9.69 Å². The molecule has 3 aromatic rings. The Morgan fingerprint density at radius 2 is 2.03 bits per heavy atom. The van der Waals surface area contributed by atoms with E-state index in [1.165, 1.54) is 29.7 Å². The fraction of sp³-hybridized carbons (Fsp3) is 0.304. The maximum Gasteiger partial charge on any atom is 0.247 e. The lowest BCUT2D eigenvalue weighted by Crippen LogP contribution is -2.36. The van der Waals surface area contributed by atoms with Crippen LogP contribution in [-0.4, -0.2) is 26.8 Å². The Morgan fingerprint density at radius 1 is 1.23 bits per heavy atom. The number of hydrogen-bond donors (Lipinski definition) is 0. The second-order valence-corrected chi connectivity index (χ2v) is 8.41. The van der Waals surface area contributed by atoms with Crippen LogP contribution in [0.3, 0.4) is 0 Å². The van der Waals surface area contributed by atoms with E-state index in [0.717, 1.165) is 24.2 Å². The highest BCUT2D eigenvalue weighted by molar-refractivity contribution is 7.99. The lowest BCUT2D eigenvalue weighted by molar-refractivity contribution is -0.118. The topological polar surface area (TPSA) is 68.2 Å². The first-order valence-corrected chi connectivity index (χ1v) is 11.2. The number of nitrogens with zero attached hydrogens (tertiary/aromatic N) is 4. The third-order valence-corrected chi connectivity index (χ3v) is 5.92. The Bertz CT molecular complexity index is 1120. The SMILES string of the molecule is CCCCSc1nnc2c(n1)O[C@H](c1ccccc1F)N(C(C)=O)c1ccc(C)cc1-2. The molecule has 0 N–H and O–H groups in total.